The van der Waals surface area contributed by atoms with Crippen LogP contribution >= 0.6 is 11.3 Å². The summed E-state index contributed by atoms with van der Waals surface area (Å²) in [5.41, 5.74) is 3.83. The zero-order valence-electron chi connectivity index (χ0n) is 19.8. The molecule has 0 fully saturated rings. The van der Waals surface area contributed by atoms with Crippen LogP contribution in [0.15, 0.2) is 72.1 Å². The maximum Gasteiger partial charge on any atom is 0.338 e. The Kier molecular flexibility index (Phi) is 6.65. The predicted molar refractivity (Wildman–Crippen MR) is 139 cm³/mol. The van der Waals surface area contributed by atoms with Crippen molar-refractivity contribution in [3.05, 3.63) is 83.5 Å². The molecule has 1 amide bonds. The number of amides is 1. The van der Waals surface area contributed by atoms with Gasteiger partial charge in [0.05, 0.1) is 29.4 Å². The van der Waals surface area contributed by atoms with Gasteiger partial charge in [-0.05, 0) is 73.7 Å². The number of benzene rings is 3. The zero-order valence-corrected chi connectivity index (χ0v) is 20.6. The number of methoxy groups -OCH3 is 1. The zero-order chi connectivity index (χ0) is 25.9. The van der Waals surface area contributed by atoms with Gasteiger partial charge in [-0.2, -0.15) is 0 Å². The number of aromatic amines is 1. The molecule has 0 spiro atoms. The summed E-state index contributed by atoms with van der Waals surface area (Å²) in [6, 6.07) is 18.3. The highest BCUT2D eigenvalue weighted by Crippen LogP contribution is 2.26. The van der Waals surface area contributed by atoms with Crippen LogP contribution in [0.2, 0.25) is 0 Å². The lowest BCUT2D eigenvalue weighted by Gasteiger charge is -2.12. The monoisotopic (exact) mass is 516 g/mol. The topological polar surface area (TPSA) is 106 Å². The van der Waals surface area contributed by atoms with E-state index in [0.29, 0.717) is 27.7 Å². The second kappa shape index (κ2) is 10.2. The summed E-state index contributed by atoms with van der Waals surface area (Å²) in [5.74, 6) is -0.104. The SMILES string of the molecule is COc1ccc(-c2nc3ccc(C(=O)OC(C)C(=O)Nc4nc(-c5ccc(F)cc5)cs4)cc3[nH]2)cc1. The predicted octanol–water partition coefficient (Wildman–Crippen LogP) is 5.69. The third kappa shape index (κ3) is 5.34. The number of imidazole rings is 1. The van der Waals surface area contributed by atoms with E-state index in [1.807, 2.05) is 24.3 Å². The number of nitrogens with one attached hydrogen (secondary N) is 2. The van der Waals surface area contributed by atoms with E-state index in [-0.39, 0.29) is 11.4 Å². The molecule has 37 heavy (non-hydrogen) atoms. The van der Waals surface area contributed by atoms with Gasteiger partial charge < -0.3 is 14.5 Å². The van der Waals surface area contributed by atoms with Crippen molar-refractivity contribution >= 4 is 39.4 Å². The summed E-state index contributed by atoms with van der Waals surface area (Å²) < 4.78 is 23.7. The number of halogens is 1. The number of anilines is 1. The Morgan fingerprint density at radius 3 is 2.46 bits per heavy atom. The van der Waals surface area contributed by atoms with E-state index in [4.69, 9.17) is 9.47 Å². The molecular formula is C27H21FN4O4S. The molecule has 0 radical (unpaired) electrons. The minimum atomic E-state index is -1.06. The fourth-order valence-electron chi connectivity index (χ4n) is 3.60. The lowest BCUT2D eigenvalue weighted by Crippen LogP contribution is -2.29. The Balaban J connectivity index is 1.23. The third-order valence-electron chi connectivity index (χ3n) is 5.61. The van der Waals surface area contributed by atoms with Gasteiger partial charge >= 0.3 is 5.97 Å². The van der Waals surface area contributed by atoms with Gasteiger partial charge in [-0.15, -0.1) is 11.3 Å². The standard InChI is InChI=1S/C27H21FN4O4S/c1-15(25(33)32-27-31-23(14-37-27)16-3-8-19(28)9-4-16)36-26(34)18-7-12-21-22(13-18)30-24(29-21)17-5-10-20(35-2)11-6-17/h3-15H,1-2H3,(H,29,30)(H,31,32,33). The van der Waals surface area contributed by atoms with Crippen LogP contribution in [0.3, 0.4) is 0 Å². The lowest BCUT2D eigenvalue weighted by atomic mass is 10.2. The van der Waals surface area contributed by atoms with Gasteiger partial charge in [-0.3, -0.25) is 10.1 Å². The van der Waals surface area contributed by atoms with Gasteiger partial charge in [0.2, 0.25) is 0 Å². The van der Waals surface area contributed by atoms with Crippen LogP contribution in [-0.2, 0) is 9.53 Å². The number of esters is 1. The number of thiazole rings is 1. The molecule has 0 saturated heterocycles. The van der Waals surface area contributed by atoms with Crippen molar-refractivity contribution in [1.29, 1.82) is 0 Å². The fraction of sp³-hybridized carbons (Fsp3) is 0.111. The molecule has 2 N–H and O–H groups in total. The van der Waals surface area contributed by atoms with Gasteiger partial charge in [0.25, 0.3) is 5.91 Å². The Hall–Kier alpha value is -4.57. The number of nitrogens with zero attached hydrogens (tertiary/aromatic N) is 2. The maximum absolute atomic E-state index is 13.1. The summed E-state index contributed by atoms with van der Waals surface area (Å²) in [7, 11) is 1.60. The van der Waals surface area contributed by atoms with E-state index in [2.05, 4.69) is 20.3 Å². The van der Waals surface area contributed by atoms with E-state index in [0.717, 1.165) is 16.9 Å². The van der Waals surface area contributed by atoms with Gasteiger partial charge in [0.15, 0.2) is 11.2 Å². The summed E-state index contributed by atoms with van der Waals surface area (Å²) in [4.78, 5) is 37.4. The van der Waals surface area contributed by atoms with Crippen molar-refractivity contribution in [3.63, 3.8) is 0 Å². The van der Waals surface area contributed by atoms with Crippen LogP contribution < -0.4 is 10.1 Å². The highest BCUT2D eigenvalue weighted by molar-refractivity contribution is 7.14. The first-order valence-corrected chi connectivity index (χ1v) is 12.1. The number of carbonyl (C=O) groups is 2. The summed E-state index contributed by atoms with van der Waals surface area (Å²) in [6.07, 6.45) is -1.06. The second-order valence-corrected chi connectivity index (χ2v) is 8.99. The summed E-state index contributed by atoms with van der Waals surface area (Å²) in [5, 5.41) is 4.75. The van der Waals surface area contributed by atoms with Crippen LogP contribution in [0.1, 0.15) is 17.3 Å². The quantitative estimate of drug-likeness (QED) is 0.270. The number of hydrogen-bond donors (Lipinski definition) is 2. The van der Waals surface area contributed by atoms with Gasteiger partial charge in [-0.1, -0.05) is 0 Å². The minimum Gasteiger partial charge on any atom is -0.497 e. The van der Waals surface area contributed by atoms with Crippen molar-refractivity contribution < 1.29 is 23.5 Å². The first kappa shape index (κ1) is 24.1. The highest BCUT2D eigenvalue weighted by Gasteiger charge is 2.21. The molecule has 5 rings (SSSR count). The molecule has 5 aromatic rings. The van der Waals surface area contributed by atoms with Gasteiger partial charge in [0.1, 0.15) is 17.4 Å². The largest absolute Gasteiger partial charge is 0.497 e. The van der Waals surface area contributed by atoms with Crippen LogP contribution in [0.5, 0.6) is 5.75 Å². The molecule has 0 aliphatic heterocycles. The van der Waals surface area contributed by atoms with Crippen molar-refractivity contribution in [2.24, 2.45) is 0 Å². The molecule has 8 nitrogen and oxygen atoms in total. The molecule has 2 heterocycles. The Bertz CT molecular complexity index is 1580. The van der Waals surface area contributed by atoms with E-state index >= 15 is 0 Å². The van der Waals surface area contributed by atoms with Crippen molar-refractivity contribution in [2.45, 2.75) is 13.0 Å². The van der Waals surface area contributed by atoms with Crippen molar-refractivity contribution in [3.8, 4) is 28.4 Å². The molecule has 1 unspecified atom stereocenters. The molecule has 2 aromatic heterocycles. The van der Waals surface area contributed by atoms with Crippen molar-refractivity contribution in [1.82, 2.24) is 15.0 Å². The normalized spacial score (nSPS) is 11.8. The Labute approximate surface area is 215 Å². The molecule has 186 valence electrons. The van der Waals surface area contributed by atoms with E-state index in [1.54, 1.807) is 42.8 Å². The average Bonchev–Trinajstić information content (AvgIpc) is 3.56. The highest BCUT2D eigenvalue weighted by atomic mass is 32.1. The first-order valence-electron chi connectivity index (χ1n) is 11.3. The summed E-state index contributed by atoms with van der Waals surface area (Å²) >= 11 is 1.22. The molecule has 0 saturated carbocycles. The third-order valence-corrected chi connectivity index (χ3v) is 6.37. The number of ether oxygens (including phenoxy) is 2. The Morgan fingerprint density at radius 2 is 1.73 bits per heavy atom. The molecule has 0 bridgehead atoms. The molecular weight excluding hydrogens is 495 g/mol. The van der Waals surface area contributed by atoms with Crippen LogP contribution in [0.25, 0.3) is 33.7 Å². The number of aromatic nitrogens is 3. The maximum atomic E-state index is 13.1. The molecule has 10 heteroatoms. The number of carbonyl (C=O) groups excluding carboxylic acids is 2. The van der Waals surface area contributed by atoms with E-state index < -0.39 is 18.0 Å². The second-order valence-electron chi connectivity index (χ2n) is 8.13. The van der Waals surface area contributed by atoms with Crippen LogP contribution in [-0.4, -0.2) is 40.0 Å². The Morgan fingerprint density at radius 1 is 1.00 bits per heavy atom. The number of H-pyrrole nitrogens is 1. The molecule has 3 aromatic carbocycles. The smallest absolute Gasteiger partial charge is 0.338 e. The number of hydrogen-bond acceptors (Lipinski definition) is 7. The van der Waals surface area contributed by atoms with E-state index in [9.17, 15) is 14.0 Å². The lowest BCUT2D eigenvalue weighted by molar-refractivity contribution is -0.123. The van der Waals surface area contributed by atoms with Gasteiger partial charge in [0, 0.05) is 16.5 Å². The molecule has 0 aliphatic carbocycles. The molecule has 1 atom stereocenters. The minimum absolute atomic E-state index is 0.282. The fourth-order valence-corrected chi connectivity index (χ4v) is 4.32. The summed E-state index contributed by atoms with van der Waals surface area (Å²) in [6.45, 7) is 1.48. The van der Waals surface area contributed by atoms with Crippen molar-refractivity contribution in [2.75, 3.05) is 12.4 Å². The number of rotatable bonds is 7. The number of fused-ring (bicyclic) bond motifs is 1. The molecule has 0 aliphatic rings. The van der Waals surface area contributed by atoms with E-state index in [1.165, 1.54) is 30.4 Å². The van der Waals surface area contributed by atoms with Crippen LogP contribution in [0, 0.1) is 5.82 Å². The van der Waals surface area contributed by atoms with Gasteiger partial charge in [-0.25, -0.2) is 19.2 Å². The average molecular weight is 517 g/mol. The van der Waals surface area contributed by atoms with Crippen LogP contribution in [0.4, 0.5) is 9.52 Å². The first-order chi connectivity index (χ1) is 17.9.